The number of carbonyl (C=O) groups excluding carboxylic acids is 1. The van der Waals surface area contributed by atoms with E-state index in [0.717, 1.165) is 29.3 Å². The second kappa shape index (κ2) is 10.3. The fraction of sp³-hybridized carbons (Fsp3) is 0.364. The fourth-order valence-corrected chi connectivity index (χ4v) is 2.30. The molecular formula is C22H27FN4O. The number of carbonyl (C=O) groups is 1. The van der Waals surface area contributed by atoms with Crippen molar-refractivity contribution in [3.05, 3.63) is 53.7 Å². The maximum absolute atomic E-state index is 12.9. The normalized spacial score (nSPS) is 10.2. The highest BCUT2D eigenvalue weighted by Gasteiger charge is 2.11. The summed E-state index contributed by atoms with van der Waals surface area (Å²) in [7, 11) is 0. The molecular weight excluding hydrogens is 355 g/mol. The van der Waals surface area contributed by atoms with Crippen LogP contribution in [0, 0.1) is 29.5 Å². The zero-order chi connectivity index (χ0) is 21.3. The van der Waals surface area contributed by atoms with Gasteiger partial charge in [-0.25, -0.2) is 14.4 Å². The molecule has 3 aromatic rings. The standard InChI is InChI=1S/C14H9FN4.C6H12O.C2H6/c1-9-18-12-4-2-10(7-16)6-13(12)19(9)14-5-3-11(15)8-17-14;1-6(2,3)4-5-7;1-2/h2-6,8H,1H3;5H,4H2,1-3H3;1-2H3. The molecule has 0 aliphatic carbocycles. The van der Waals surface area contributed by atoms with Gasteiger partial charge < -0.3 is 4.79 Å². The number of rotatable bonds is 2. The lowest BCUT2D eigenvalue weighted by Gasteiger charge is -2.11. The first-order valence-electron chi connectivity index (χ1n) is 9.20. The van der Waals surface area contributed by atoms with Crippen LogP contribution in [0.15, 0.2) is 36.5 Å². The molecule has 0 N–H and O–H groups in total. The fourth-order valence-electron chi connectivity index (χ4n) is 2.30. The summed E-state index contributed by atoms with van der Waals surface area (Å²) in [6.45, 7) is 12.0. The molecule has 0 aliphatic heterocycles. The van der Waals surface area contributed by atoms with E-state index in [1.54, 1.807) is 28.8 Å². The van der Waals surface area contributed by atoms with Gasteiger partial charge in [-0.15, -0.1) is 0 Å². The number of benzene rings is 1. The van der Waals surface area contributed by atoms with Crippen molar-refractivity contribution < 1.29 is 9.18 Å². The predicted molar refractivity (Wildman–Crippen MR) is 110 cm³/mol. The highest BCUT2D eigenvalue weighted by Crippen LogP contribution is 2.21. The van der Waals surface area contributed by atoms with Gasteiger partial charge in [-0.2, -0.15) is 5.26 Å². The summed E-state index contributed by atoms with van der Waals surface area (Å²) in [5.41, 5.74) is 2.30. The van der Waals surface area contributed by atoms with Crippen molar-refractivity contribution in [3.63, 3.8) is 0 Å². The lowest BCUT2D eigenvalue weighted by Crippen LogP contribution is -2.04. The quantitative estimate of drug-likeness (QED) is 0.557. The maximum Gasteiger partial charge on any atom is 0.141 e. The van der Waals surface area contributed by atoms with Gasteiger partial charge >= 0.3 is 0 Å². The van der Waals surface area contributed by atoms with Crippen molar-refractivity contribution in [1.82, 2.24) is 14.5 Å². The number of nitrogens with zero attached hydrogens (tertiary/aromatic N) is 4. The van der Waals surface area contributed by atoms with E-state index in [1.165, 1.54) is 6.07 Å². The Morgan fingerprint density at radius 3 is 2.36 bits per heavy atom. The van der Waals surface area contributed by atoms with Crippen molar-refractivity contribution in [2.24, 2.45) is 5.41 Å². The molecule has 5 nitrogen and oxygen atoms in total. The number of imidazole rings is 1. The number of nitriles is 1. The maximum atomic E-state index is 12.9. The number of halogens is 1. The van der Waals surface area contributed by atoms with E-state index in [0.29, 0.717) is 17.8 Å². The minimum atomic E-state index is -0.386. The molecule has 0 unspecified atom stereocenters. The van der Waals surface area contributed by atoms with Crippen molar-refractivity contribution in [2.45, 2.75) is 48.0 Å². The van der Waals surface area contributed by atoms with Gasteiger partial charge in [0.25, 0.3) is 0 Å². The summed E-state index contributed by atoms with van der Waals surface area (Å²) in [4.78, 5) is 18.3. The molecule has 28 heavy (non-hydrogen) atoms. The van der Waals surface area contributed by atoms with E-state index in [4.69, 9.17) is 5.26 Å². The van der Waals surface area contributed by atoms with Gasteiger partial charge in [-0.1, -0.05) is 34.6 Å². The third-order valence-electron chi connectivity index (χ3n) is 3.59. The van der Waals surface area contributed by atoms with Gasteiger partial charge in [0.1, 0.15) is 23.7 Å². The van der Waals surface area contributed by atoms with Crippen LogP contribution in [0.25, 0.3) is 16.9 Å². The first kappa shape index (κ1) is 23.0. The highest BCUT2D eigenvalue weighted by atomic mass is 19.1. The van der Waals surface area contributed by atoms with Crippen LogP contribution in [0.1, 0.15) is 52.4 Å². The SMILES string of the molecule is CC.CC(C)(C)CC=O.Cc1nc2ccc(C#N)cc2n1-c1ccc(F)cn1. The van der Waals surface area contributed by atoms with Crippen LogP contribution in [0.4, 0.5) is 4.39 Å². The Labute approximate surface area is 165 Å². The molecule has 0 spiro atoms. The van der Waals surface area contributed by atoms with Gasteiger partial charge in [0, 0.05) is 6.42 Å². The molecule has 0 bridgehead atoms. The molecule has 2 aromatic heterocycles. The highest BCUT2D eigenvalue weighted by molar-refractivity contribution is 5.79. The number of hydrogen-bond donors (Lipinski definition) is 0. The number of aryl methyl sites for hydroxylation is 1. The van der Waals surface area contributed by atoms with Crippen molar-refractivity contribution in [3.8, 4) is 11.9 Å². The summed E-state index contributed by atoms with van der Waals surface area (Å²) < 4.78 is 14.7. The lowest BCUT2D eigenvalue weighted by molar-refractivity contribution is -0.109. The Hall–Kier alpha value is -3.07. The third-order valence-corrected chi connectivity index (χ3v) is 3.59. The topological polar surface area (TPSA) is 71.6 Å². The molecule has 0 saturated carbocycles. The van der Waals surface area contributed by atoms with E-state index >= 15 is 0 Å². The number of aldehydes is 1. The Balaban J connectivity index is 0.000000372. The first-order valence-corrected chi connectivity index (χ1v) is 9.20. The van der Waals surface area contributed by atoms with Crippen LogP contribution in [-0.4, -0.2) is 20.8 Å². The summed E-state index contributed by atoms with van der Waals surface area (Å²) in [6.07, 6.45) is 2.78. The predicted octanol–water partition coefficient (Wildman–Crippen LogP) is 5.39. The molecule has 3 rings (SSSR count). The largest absolute Gasteiger partial charge is 0.303 e. The first-order chi connectivity index (χ1) is 13.2. The van der Waals surface area contributed by atoms with Crippen LogP contribution in [0.2, 0.25) is 0 Å². The molecule has 2 heterocycles. The van der Waals surface area contributed by atoms with Crippen LogP contribution >= 0.6 is 0 Å². The number of aromatic nitrogens is 3. The molecule has 1 aromatic carbocycles. The van der Waals surface area contributed by atoms with E-state index in [-0.39, 0.29) is 11.2 Å². The van der Waals surface area contributed by atoms with Gasteiger partial charge in [-0.3, -0.25) is 4.57 Å². The monoisotopic (exact) mass is 382 g/mol. The zero-order valence-electron chi connectivity index (χ0n) is 17.3. The number of hydrogen-bond acceptors (Lipinski definition) is 4. The third kappa shape index (κ3) is 6.27. The Kier molecular flexibility index (Phi) is 8.46. The van der Waals surface area contributed by atoms with Crippen LogP contribution in [0.3, 0.4) is 0 Å². The molecule has 148 valence electrons. The second-order valence-electron chi connectivity index (χ2n) is 7.08. The van der Waals surface area contributed by atoms with Gasteiger partial charge in [0.05, 0.1) is 28.9 Å². The molecule has 0 fully saturated rings. The average molecular weight is 382 g/mol. The Morgan fingerprint density at radius 2 is 1.89 bits per heavy atom. The number of pyridine rings is 1. The van der Waals surface area contributed by atoms with E-state index < -0.39 is 0 Å². The van der Waals surface area contributed by atoms with Crippen molar-refractivity contribution >= 4 is 17.3 Å². The molecule has 0 atom stereocenters. The smallest absolute Gasteiger partial charge is 0.141 e. The van der Waals surface area contributed by atoms with Crippen LogP contribution in [0.5, 0.6) is 0 Å². The molecule has 0 saturated heterocycles. The molecule has 6 heteroatoms. The Morgan fingerprint density at radius 1 is 1.21 bits per heavy atom. The lowest BCUT2D eigenvalue weighted by atomic mass is 9.93. The van der Waals surface area contributed by atoms with Gasteiger partial charge in [0.15, 0.2) is 0 Å². The van der Waals surface area contributed by atoms with E-state index in [9.17, 15) is 9.18 Å². The van der Waals surface area contributed by atoms with Crippen molar-refractivity contribution in [1.29, 1.82) is 5.26 Å². The molecule has 0 radical (unpaired) electrons. The second-order valence-corrected chi connectivity index (χ2v) is 7.08. The van der Waals surface area contributed by atoms with Crippen LogP contribution < -0.4 is 0 Å². The Bertz CT molecular complexity index is 948. The van der Waals surface area contributed by atoms with E-state index in [2.05, 4.69) is 16.0 Å². The summed E-state index contributed by atoms with van der Waals surface area (Å²) in [5, 5.41) is 8.96. The minimum Gasteiger partial charge on any atom is -0.303 e. The summed E-state index contributed by atoms with van der Waals surface area (Å²) in [6, 6.07) is 10.3. The summed E-state index contributed by atoms with van der Waals surface area (Å²) in [5.74, 6) is 0.934. The van der Waals surface area contributed by atoms with Crippen LogP contribution in [-0.2, 0) is 4.79 Å². The van der Waals surface area contributed by atoms with E-state index in [1.807, 2.05) is 41.5 Å². The van der Waals surface area contributed by atoms with Gasteiger partial charge in [0.2, 0.25) is 0 Å². The van der Waals surface area contributed by atoms with Crippen molar-refractivity contribution in [2.75, 3.05) is 0 Å². The minimum absolute atomic E-state index is 0.182. The number of fused-ring (bicyclic) bond motifs is 1. The summed E-state index contributed by atoms with van der Waals surface area (Å²) >= 11 is 0. The van der Waals surface area contributed by atoms with Gasteiger partial charge in [-0.05, 0) is 42.7 Å². The molecule has 0 amide bonds. The average Bonchev–Trinajstić information content (AvgIpc) is 2.98. The molecule has 0 aliphatic rings. The zero-order valence-corrected chi connectivity index (χ0v) is 17.3.